The standard InChI is InChI=1S/C19H23N5O3/c1-14(2)27-16-5-3-15(4-6-16)21-19-20-8-7-17(22-19)18(26)24-11-9-23(13-25)10-12-24/h3-8,13-14H,9-12H2,1-2H3,(H,20,21,22). The zero-order valence-corrected chi connectivity index (χ0v) is 15.5. The smallest absolute Gasteiger partial charge is 0.272 e. The molecule has 3 rings (SSSR count). The summed E-state index contributed by atoms with van der Waals surface area (Å²) in [5.41, 5.74) is 1.13. The Morgan fingerprint density at radius 3 is 2.48 bits per heavy atom. The highest BCUT2D eigenvalue weighted by Gasteiger charge is 2.22. The van der Waals surface area contributed by atoms with Gasteiger partial charge < -0.3 is 19.9 Å². The molecule has 8 nitrogen and oxygen atoms in total. The lowest BCUT2D eigenvalue weighted by molar-refractivity contribution is -0.119. The SMILES string of the molecule is CC(C)Oc1ccc(Nc2nccc(C(=O)N3CCN(C=O)CC3)n2)cc1. The molecule has 0 spiro atoms. The van der Waals surface area contributed by atoms with Crippen molar-refractivity contribution in [1.29, 1.82) is 0 Å². The van der Waals surface area contributed by atoms with Crippen LogP contribution in [-0.4, -0.2) is 64.4 Å². The van der Waals surface area contributed by atoms with E-state index in [0.29, 0.717) is 37.8 Å². The van der Waals surface area contributed by atoms with Gasteiger partial charge in [0.2, 0.25) is 12.4 Å². The van der Waals surface area contributed by atoms with Crippen LogP contribution in [0.2, 0.25) is 0 Å². The Bertz CT molecular complexity index is 786. The Kier molecular flexibility index (Phi) is 5.85. The molecule has 2 aromatic rings. The monoisotopic (exact) mass is 369 g/mol. The van der Waals surface area contributed by atoms with Crippen LogP contribution in [0.4, 0.5) is 11.6 Å². The second-order valence-electron chi connectivity index (χ2n) is 6.52. The van der Waals surface area contributed by atoms with Crippen LogP contribution < -0.4 is 10.1 Å². The maximum absolute atomic E-state index is 12.6. The molecule has 1 fully saturated rings. The van der Waals surface area contributed by atoms with Gasteiger partial charge in [-0.1, -0.05) is 0 Å². The van der Waals surface area contributed by atoms with E-state index in [4.69, 9.17) is 4.74 Å². The molecule has 0 atom stereocenters. The van der Waals surface area contributed by atoms with Gasteiger partial charge in [0.1, 0.15) is 11.4 Å². The molecule has 2 heterocycles. The number of rotatable bonds is 6. The van der Waals surface area contributed by atoms with Crippen LogP contribution in [0.3, 0.4) is 0 Å². The second-order valence-corrected chi connectivity index (χ2v) is 6.52. The summed E-state index contributed by atoms with van der Waals surface area (Å²) in [6.07, 6.45) is 2.48. The second kappa shape index (κ2) is 8.48. The quantitative estimate of drug-likeness (QED) is 0.783. The Hall–Kier alpha value is -3.16. The van der Waals surface area contributed by atoms with Gasteiger partial charge in [-0.15, -0.1) is 0 Å². The van der Waals surface area contributed by atoms with Gasteiger partial charge in [-0.25, -0.2) is 9.97 Å². The lowest BCUT2D eigenvalue weighted by Crippen LogP contribution is -2.48. The topological polar surface area (TPSA) is 87.7 Å². The van der Waals surface area contributed by atoms with E-state index in [0.717, 1.165) is 17.8 Å². The number of amides is 2. The first-order valence-electron chi connectivity index (χ1n) is 8.90. The number of carbonyl (C=O) groups is 2. The van der Waals surface area contributed by atoms with E-state index in [1.54, 1.807) is 22.1 Å². The highest BCUT2D eigenvalue weighted by Crippen LogP contribution is 2.19. The van der Waals surface area contributed by atoms with Gasteiger partial charge in [-0.05, 0) is 44.2 Å². The zero-order valence-electron chi connectivity index (χ0n) is 15.5. The average Bonchev–Trinajstić information content (AvgIpc) is 2.69. The number of carbonyl (C=O) groups excluding carboxylic acids is 2. The van der Waals surface area contributed by atoms with Gasteiger partial charge in [-0.3, -0.25) is 9.59 Å². The van der Waals surface area contributed by atoms with Crippen LogP contribution >= 0.6 is 0 Å². The molecule has 2 amide bonds. The van der Waals surface area contributed by atoms with E-state index in [1.165, 1.54) is 0 Å². The van der Waals surface area contributed by atoms with Gasteiger partial charge in [0.05, 0.1) is 6.10 Å². The molecular weight excluding hydrogens is 346 g/mol. The summed E-state index contributed by atoms with van der Waals surface area (Å²) in [4.78, 5) is 35.3. The first-order valence-corrected chi connectivity index (χ1v) is 8.90. The summed E-state index contributed by atoms with van der Waals surface area (Å²) in [6.45, 7) is 6.03. The minimum atomic E-state index is -0.160. The highest BCUT2D eigenvalue weighted by atomic mass is 16.5. The van der Waals surface area contributed by atoms with Crippen LogP contribution in [-0.2, 0) is 4.79 Å². The Labute approximate surface area is 158 Å². The van der Waals surface area contributed by atoms with Crippen molar-refractivity contribution in [2.45, 2.75) is 20.0 Å². The van der Waals surface area contributed by atoms with Crippen molar-refractivity contribution in [2.24, 2.45) is 0 Å². The summed E-state index contributed by atoms with van der Waals surface area (Å²) in [5, 5.41) is 3.10. The van der Waals surface area contributed by atoms with Crippen molar-refractivity contribution < 1.29 is 14.3 Å². The van der Waals surface area contributed by atoms with E-state index in [9.17, 15) is 9.59 Å². The lowest BCUT2D eigenvalue weighted by Gasteiger charge is -2.32. The van der Waals surface area contributed by atoms with Crippen LogP contribution in [0.1, 0.15) is 24.3 Å². The third-order valence-electron chi connectivity index (χ3n) is 4.11. The predicted octanol–water partition coefficient (Wildman–Crippen LogP) is 1.92. The number of nitrogens with one attached hydrogen (secondary N) is 1. The molecule has 27 heavy (non-hydrogen) atoms. The van der Waals surface area contributed by atoms with Gasteiger partial charge in [0, 0.05) is 38.1 Å². The van der Waals surface area contributed by atoms with Crippen molar-refractivity contribution in [2.75, 3.05) is 31.5 Å². The first-order chi connectivity index (χ1) is 13.0. The number of hydrogen-bond donors (Lipinski definition) is 1. The van der Waals surface area contributed by atoms with E-state index in [-0.39, 0.29) is 12.0 Å². The fourth-order valence-electron chi connectivity index (χ4n) is 2.75. The molecule has 1 aromatic carbocycles. The minimum Gasteiger partial charge on any atom is -0.491 e. The zero-order chi connectivity index (χ0) is 19.2. The predicted molar refractivity (Wildman–Crippen MR) is 101 cm³/mol. The number of aromatic nitrogens is 2. The van der Waals surface area contributed by atoms with Crippen molar-refractivity contribution in [3.8, 4) is 5.75 Å². The van der Waals surface area contributed by atoms with E-state index >= 15 is 0 Å². The van der Waals surface area contributed by atoms with Crippen molar-refractivity contribution in [3.05, 3.63) is 42.2 Å². The fourth-order valence-corrected chi connectivity index (χ4v) is 2.75. The van der Waals surface area contributed by atoms with Crippen LogP contribution in [0.25, 0.3) is 0 Å². The third kappa shape index (κ3) is 4.93. The first kappa shape index (κ1) is 18.6. The molecule has 0 aliphatic carbocycles. The van der Waals surface area contributed by atoms with Crippen LogP contribution in [0.15, 0.2) is 36.5 Å². The molecule has 1 aliphatic rings. The minimum absolute atomic E-state index is 0.114. The van der Waals surface area contributed by atoms with Crippen molar-refractivity contribution in [3.63, 3.8) is 0 Å². The van der Waals surface area contributed by atoms with E-state index in [1.807, 2.05) is 38.1 Å². The molecule has 1 aliphatic heterocycles. The molecule has 0 unspecified atom stereocenters. The summed E-state index contributed by atoms with van der Waals surface area (Å²) in [5.74, 6) is 0.978. The Balaban J connectivity index is 1.65. The molecule has 0 saturated carbocycles. The molecule has 1 N–H and O–H groups in total. The summed E-state index contributed by atoms with van der Waals surface area (Å²) in [6, 6.07) is 9.06. The average molecular weight is 369 g/mol. The number of anilines is 2. The molecule has 1 aromatic heterocycles. The van der Waals surface area contributed by atoms with Gasteiger partial charge in [0.15, 0.2) is 0 Å². The lowest BCUT2D eigenvalue weighted by atomic mass is 10.3. The van der Waals surface area contributed by atoms with Gasteiger partial charge in [0.25, 0.3) is 5.91 Å². The van der Waals surface area contributed by atoms with Gasteiger partial charge >= 0.3 is 0 Å². The number of hydrogen-bond acceptors (Lipinski definition) is 6. The summed E-state index contributed by atoms with van der Waals surface area (Å²) < 4.78 is 5.62. The molecular formula is C19H23N5O3. The van der Waals surface area contributed by atoms with Crippen molar-refractivity contribution >= 4 is 24.0 Å². The van der Waals surface area contributed by atoms with E-state index < -0.39 is 0 Å². The molecule has 8 heteroatoms. The number of piperazine rings is 1. The molecule has 1 saturated heterocycles. The molecule has 142 valence electrons. The Morgan fingerprint density at radius 1 is 1.15 bits per heavy atom. The molecule has 0 radical (unpaired) electrons. The van der Waals surface area contributed by atoms with Crippen molar-refractivity contribution in [1.82, 2.24) is 19.8 Å². The maximum Gasteiger partial charge on any atom is 0.272 e. The summed E-state index contributed by atoms with van der Waals surface area (Å²) >= 11 is 0. The normalized spacial score (nSPS) is 14.2. The fraction of sp³-hybridized carbons (Fsp3) is 0.368. The van der Waals surface area contributed by atoms with Crippen LogP contribution in [0, 0.1) is 0 Å². The Morgan fingerprint density at radius 2 is 1.85 bits per heavy atom. The van der Waals surface area contributed by atoms with E-state index in [2.05, 4.69) is 15.3 Å². The third-order valence-corrected chi connectivity index (χ3v) is 4.11. The highest BCUT2D eigenvalue weighted by molar-refractivity contribution is 5.92. The number of benzene rings is 1. The maximum atomic E-state index is 12.6. The molecule has 0 bridgehead atoms. The van der Waals surface area contributed by atoms with Gasteiger partial charge in [-0.2, -0.15) is 0 Å². The summed E-state index contributed by atoms with van der Waals surface area (Å²) in [7, 11) is 0. The largest absolute Gasteiger partial charge is 0.491 e. The number of ether oxygens (including phenoxy) is 1. The van der Waals surface area contributed by atoms with Crippen LogP contribution in [0.5, 0.6) is 5.75 Å². The number of nitrogens with zero attached hydrogens (tertiary/aromatic N) is 4.